The Kier molecular flexibility index (Phi) is 6.02. The number of carbonyl (C=O) groups excluding carboxylic acids is 2. The van der Waals surface area contributed by atoms with Gasteiger partial charge in [0.2, 0.25) is 0 Å². The SMILES string of the molecule is C[C@H]1[C@@H](NC(=O)COC(=O)CN=C2NS(=O)(=O)c3ccccc32)CCC[C@@H]1C. The Morgan fingerprint density at radius 3 is 2.79 bits per heavy atom. The Labute approximate surface area is 164 Å². The number of rotatable bonds is 5. The first-order chi connectivity index (χ1) is 13.3. The zero-order chi connectivity index (χ0) is 20.3. The summed E-state index contributed by atoms with van der Waals surface area (Å²) < 4.78 is 31.3. The molecule has 152 valence electrons. The Morgan fingerprint density at radius 2 is 2.00 bits per heavy atom. The van der Waals surface area contributed by atoms with Crippen molar-refractivity contribution in [1.82, 2.24) is 10.0 Å². The van der Waals surface area contributed by atoms with Crippen LogP contribution in [0.15, 0.2) is 34.2 Å². The number of aliphatic imine (C=N–C) groups is 1. The van der Waals surface area contributed by atoms with Crippen LogP contribution in [0, 0.1) is 11.8 Å². The van der Waals surface area contributed by atoms with Crippen LogP contribution in [0.25, 0.3) is 0 Å². The molecule has 2 aliphatic rings. The Morgan fingerprint density at radius 1 is 1.25 bits per heavy atom. The van der Waals surface area contributed by atoms with Crippen molar-refractivity contribution in [2.24, 2.45) is 16.8 Å². The first-order valence-electron chi connectivity index (χ1n) is 9.39. The van der Waals surface area contributed by atoms with Crippen molar-refractivity contribution in [2.75, 3.05) is 13.2 Å². The molecule has 1 aliphatic carbocycles. The van der Waals surface area contributed by atoms with Crippen molar-refractivity contribution in [3.8, 4) is 0 Å². The van der Waals surface area contributed by atoms with Crippen LogP contribution in [0.5, 0.6) is 0 Å². The molecule has 3 atom stereocenters. The lowest BCUT2D eigenvalue weighted by Gasteiger charge is -2.34. The van der Waals surface area contributed by atoms with Crippen LogP contribution >= 0.6 is 0 Å². The molecular formula is C19H25N3O5S. The van der Waals surface area contributed by atoms with Gasteiger partial charge >= 0.3 is 5.97 Å². The van der Waals surface area contributed by atoms with E-state index < -0.39 is 16.0 Å². The van der Waals surface area contributed by atoms with E-state index in [2.05, 4.69) is 28.9 Å². The molecule has 2 N–H and O–H groups in total. The first kappa shape index (κ1) is 20.3. The van der Waals surface area contributed by atoms with Crippen molar-refractivity contribution in [3.05, 3.63) is 29.8 Å². The van der Waals surface area contributed by atoms with Gasteiger partial charge in [-0.2, -0.15) is 0 Å². The summed E-state index contributed by atoms with van der Waals surface area (Å²) in [5.74, 6) is 0.00271. The second kappa shape index (κ2) is 8.30. The van der Waals surface area contributed by atoms with E-state index >= 15 is 0 Å². The molecule has 8 nitrogen and oxygen atoms in total. The predicted molar refractivity (Wildman–Crippen MR) is 103 cm³/mol. The summed E-state index contributed by atoms with van der Waals surface area (Å²) in [6, 6.07) is 6.47. The second-order valence-electron chi connectivity index (χ2n) is 7.37. The van der Waals surface area contributed by atoms with Crippen LogP contribution in [0.1, 0.15) is 38.7 Å². The third kappa shape index (κ3) is 4.52. The number of nitrogens with zero attached hydrogens (tertiary/aromatic N) is 1. The van der Waals surface area contributed by atoms with Crippen molar-refractivity contribution < 1.29 is 22.7 Å². The minimum Gasteiger partial charge on any atom is -0.454 e. The molecule has 1 aromatic carbocycles. The van der Waals surface area contributed by atoms with Gasteiger partial charge in [0.15, 0.2) is 6.61 Å². The van der Waals surface area contributed by atoms with Gasteiger partial charge in [-0.15, -0.1) is 0 Å². The van der Waals surface area contributed by atoms with E-state index in [1.54, 1.807) is 18.2 Å². The maximum absolute atomic E-state index is 12.1. The molecule has 1 aliphatic heterocycles. The molecule has 0 radical (unpaired) electrons. The van der Waals surface area contributed by atoms with Gasteiger partial charge in [0.25, 0.3) is 15.9 Å². The van der Waals surface area contributed by atoms with Crippen LogP contribution < -0.4 is 10.0 Å². The first-order valence-corrected chi connectivity index (χ1v) is 10.9. The lowest BCUT2D eigenvalue weighted by atomic mass is 9.78. The van der Waals surface area contributed by atoms with Gasteiger partial charge in [-0.05, 0) is 30.4 Å². The number of amides is 1. The highest BCUT2D eigenvalue weighted by molar-refractivity contribution is 7.90. The van der Waals surface area contributed by atoms with Crippen LogP contribution in [-0.2, 0) is 24.3 Å². The van der Waals surface area contributed by atoms with E-state index in [4.69, 9.17) is 4.74 Å². The van der Waals surface area contributed by atoms with Crippen molar-refractivity contribution >= 4 is 27.7 Å². The lowest BCUT2D eigenvalue weighted by Crippen LogP contribution is -2.45. The molecule has 3 rings (SSSR count). The number of ether oxygens (including phenoxy) is 1. The number of nitrogens with one attached hydrogen (secondary N) is 2. The highest BCUT2D eigenvalue weighted by Gasteiger charge is 2.30. The molecule has 0 aromatic heterocycles. The average Bonchev–Trinajstić information content (AvgIpc) is 2.93. The molecule has 1 amide bonds. The molecule has 1 heterocycles. The second-order valence-corrected chi connectivity index (χ2v) is 9.02. The summed E-state index contributed by atoms with van der Waals surface area (Å²) in [7, 11) is -3.65. The van der Waals surface area contributed by atoms with E-state index in [1.807, 2.05) is 0 Å². The zero-order valence-corrected chi connectivity index (χ0v) is 16.8. The average molecular weight is 407 g/mol. The van der Waals surface area contributed by atoms with E-state index in [0.717, 1.165) is 19.3 Å². The Balaban J connectivity index is 1.50. The normalized spacial score (nSPS) is 26.9. The topological polar surface area (TPSA) is 114 Å². The minimum atomic E-state index is -3.65. The number of benzene rings is 1. The molecule has 1 saturated carbocycles. The highest BCUT2D eigenvalue weighted by Crippen LogP contribution is 2.29. The van der Waals surface area contributed by atoms with Gasteiger partial charge in [-0.3, -0.25) is 19.3 Å². The fourth-order valence-corrected chi connectivity index (χ4v) is 4.87. The van der Waals surface area contributed by atoms with Crippen LogP contribution in [0.2, 0.25) is 0 Å². The van der Waals surface area contributed by atoms with Gasteiger partial charge in [-0.25, -0.2) is 8.42 Å². The van der Waals surface area contributed by atoms with Crippen LogP contribution in [-0.4, -0.2) is 45.3 Å². The zero-order valence-electron chi connectivity index (χ0n) is 16.0. The number of hydrogen-bond donors (Lipinski definition) is 2. The number of sulfonamides is 1. The fourth-order valence-electron chi connectivity index (χ4n) is 3.62. The monoisotopic (exact) mass is 407 g/mol. The lowest BCUT2D eigenvalue weighted by molar-refractivity contribution is -0.147. The molecule has 0 spiro atoms. The number of carbonyl (C=O) groups is 2. The summed E-state index contributed by atoms with van der Waals surface area (Å²) in [6.07, 6.45) is 3.17. The van der Waals surface area contributed by atoms with E-state index in [0.29, 0.717) is 17.4 Å². The molecule has 28 heavy (non-hydrogen) atoms. The highest BCUT2D eigenvalue weighted by atomic mass is 32.2. The summed E-state index contributed by atoms with van der Waals surface area (Å²) in [5, 5.41) is 2.93. The Bertz CT molecular complexity index is 897. The molecule has 9 heteroatoms. The summed E-state index contributed by atoms with van der Waals surface area (Å²) in [4.78, 5) is 28.1. The molecule has 0 saturated heterocycles. The summed E-state index contributed by atoms with van der Waals surface area (Å²) >= 11 is 0. The van der Waals surface area contributed by atoms with Gasteiger partial charge in [-0.1, -0.05) is 38.8 Å². The fraction of sp³-hybridized carbons (Fsp3) is 0.526. The number of fused-ring (bicyclic) bond motifs is 1. The molecule has 1 fully saturated rings. The quantitative estimate of drug-likeness (QED) is 0.712. The van der Waals surface area contributed by atoms with E-state index in [9.17, 15) is 18.0 Å². The van der Waals surface area contributed by atoms with Crippen molar-refractivity contribution in [1.29, 1.82) is 0 Å². The maximum Gasteiger partial charge on any atom is 0.328 e. The van der Waals surface area contributed by atoms with Crippen molar-refractivity contribution in [3.63, 3.8) is 0 Å². The maximum atomic E-state index is 12.1. The largest absolute Gasteiger partial charge is 0.454 e. The van der Waals surface area contributed by atoms with Gasteiger partial charge in [0, 0.05) is 11.6 Å². The predicted octanol–water partition coefficient (Wildman–Crippen LogP) is 1.21. The third-order valence-corrected chi connectivity index (χ3v) is 6.84. The smallest absolute Gasteiger partial charge is 0.328 e. The van der Waals surface area contributed by atoms with E-state index in [1.165, 1.54) is 6.07 Å². The molecule has 0 unspecified atom stereocenters. The molecule has 0 bridgehead atoms. The Hall–Kier alpha value is -2.42. The molecular weight excluding hydrogens is 382 g/mol. The number of amidine groups is 1. The van der Waals surface area contributed by atoms with Gasteiger partial charge in [0.1, 0.15) is 12.4 Å². The van der Waals surface area contributed by atoms with Crippen LogP contribution in [0.4, 0.5) is 0 Å². The third-order valence-electron chi connectivity index (χ3n) is 5.45. The summed E-state index contributed by atoms with van der Waals surface area (Å²) in [5.41, 5.74) is 0.411. The molecule has 1 aromatic rings. The summed E-state index contributed by atoms with van der Waals surface area (Å²) in [6.45, 7) is 3.55. The number of hydrogen-bond acceptors (Lipinski definition) is 6. The van der Waals surface area contributed by atoms with Gasteiger partial charge < -0.3 is 10.1 Å². The van der Waals surface area contributed by atoms with Gasteiger partial charge in [0.05, 0.1) is 4.90 Å². The van der Waals surface area contributed by atoms with Crippen LogP contribution in [0.3, 0.4) is 0 Å². The minimum absolute atomic E-state index is 0.0968. The standard InChI is InChI=1S/C19H25N3O5S/c1-12-6-5-8-15(13(12)2)21-17(23)11-27-18(24)10-20-19-14-7-3-4-9-16(14)28(25,26)22-19/h3-4,7,9,12-13,15H,5-6,8,10-11H2,1-2H3,(H,20,22)(H,21,23)/t12-,13+,15-/m0/s1. The van der Waals surface area contributed by atoms with E-state index in [-0.39, 0.29) is 35.8 Å². The van der Waals surface area contributed by atoms with Crippen molar-refractivity contribution in [2.45, 2.75) is 44.0 Å². The number of esters is 1.